The van der Waals surface area contributed by atoms with Gasteiger partial charge in [-0.15, -0.1) is 10.2 Å². The minimum Gasteiger partial charge on any atom is -0.423 e. The van der Waals surface area contributed by atoms with Crippen molar-refractivity contribution in [2.75, 3.05) is 25.9 Å². The molecular weight excluding hydrogens is 388 g/mol. The molecule has 8 heteroatoms. The second-order valence-electron chi connectivity index (χ2n) is 8.34. The smallest absolute Gasteiger partial charge is 0.234 e. The predicted molar refractivity (Wildman–Crippen MR) is 111 cm³/mol. The first-order valence-corrected chi connectivity index (χ1v) is 12.3. The van der Waals surface area contributed by atoms with Crippen molar-refractivity contribution in [3.8, 4) is 0 Å². The number of aryl methyl sites for hydroxylation is 1. The maximum Gasteiger partial charge on any atom is 0.234 e. The lowest BCUT2D eigenvalue weighted by Crippen LogP contribution is -2.37. The van der Waals surface area contributed by atoms with Gasteiger partial charge in [0, 0.05) is 19.0 Å². The molecule has 0 bridgehead atoms. The van der Waals surface area contributed by atoms with E-state index in [-0.39, 0.29) is 12.0 Å². The number of likely N-dealkylation sites (tertiary alicyclic amines) is 1. The van der Waals surface area contributed by atoms with Crippen LogP contribution in [0.5, 0.6) is 0 Å². The first-order valence-electron chi connectivity index (χ1n) is 10.5. The Morgan fingerprint density at radius 1 is 1.03 bits per heavy atom. The van der Waals surface area contributed by atoms with Gasteiger partial charge in [-0.2, -0.15) is 4.31 Å². The molecule has 0 saturated carbocycles. The van der Waals surface area contributed by atoms with E-state index in [1.807, 2.05) is 0 Å². The van der Waals surface area contributed by atoms with Crippen LogP contribution in [0.25, 0.3) is 0 Å². The van der Waals surface area contributed by atoms with Gasteiger partial charge >= 0.3 is 0 Å². The van der Waals surface area contributed by atoms with Gasteiger partial charge in [0.1, 0.15) is 6.04 Å². The molecule has 0 amide bonds. The third-order valence-electron chi connectivity index (χ3n) is 6.21. The summed E-state index contributed by atoms with van der Waals surface area (Å²) in [5.41, 5.74) is 2.71. The maximum absolute atomic E-state index is 12.1. The maximum atomic E-state index is 12.1. The van der Waals surface area contributed by atoms with Crippen molar-refractivity contribution in [1.82, 2.24) is 19.4 Å². The number of rotatable bonds is 5. The zero-order valence-electron chi connectivity index (χ0n) is 17.2. The minimum absolute atomic E-state index is 0.250. The van der Waals surface area contributed by atoms with Gasteiger partial charge in [-0.05, 0) is 56.8 Å². The van der Waals surface area contributed by atoms with Gasteiger partial charge in [0.2, 0.25) is 21.8 Å². The van der Waals surface area contributed by atoms with Gasteiger partial charge in [0.15, 0.2) is 0 Å². The Morgan fingerprint density at radius 2 is 1.76 bits per heavy atom. The molecule has 0 spiro atoms. The highest BCUT2D eigenvalue weighted by atomic mass is 32.2. The van der Waals surface area contributed by atoms with E-state index >= 15 is 0 Å². The van der Waals surface area contributed by atoms with E-state index in [0.717, 1.165) is 51.7 Å². The van der Waals surface area contributed by atoms with Crippen LogP contribution in [0.4, 0.5) is 0 Å². The number of nitrogens with zero attached hydrogens (tertiary/aromatic N) is 4. The zero-order chi connectivity index (χ0) is 20.4. The molecule has 0 radical (unpaired) electrons. The number of hydrogen-bond donors (Lipinski definition) is 0. The lowest BCUT2D eigenvalue weighted by atomic mass is 9.96. The molecule has 2 aliphatic rings. The van der Waals surface area contributed by atoms with Crippen LogP contribution in [0.2, 0.25) is 0 Å². The molecule has 2 saturated heterocycles. The normalized spacial score (nSPS) is 22.8. The highest BCUT2D eigenvalue weighted by Gasteiger charge is 2.35. The van der Waals surface area contributed by atoms with Gasteiger partial charge in [-0.3, -0.25) is 4.90 Å². The van der Waals surface area contributed by atoms with Crippen molar-refractivity contribution >= 4 is 10.0 Å². The summed E-state index contributed by atoms with van der Waals surface area (Å²) in [5.74, 6) is 1.36. The van der Waals surface area contributed by atoms with Crippen LogP contribution in [0, 0.1) is 6.92 Å². The molecule has 0 unspecified atom stereocenters. The lowest BCUT2D eigenvalue weighted by Gasteiger charge is -2.31. The van der Waals surface area contributed by atoms with E-state index in [1.165, 1.54) is 21.7 Å². The minimum atomic E-state index is -3.28. The molecule has 29 heavy (non-hydrogen) atoms. The number of benzene rings is 1. The van der Waals surface area contributed by atoms with Crippen LogP contribution < -0.4 is 0 Å². The van der Waals surface area contributed by atoms with E-state index in [9.17, 15) is 8.42 Å². The van der Waals surface area contributed by atoms with E-state index < -0.39 is 10.0 Å². The average molecular weight is 419 g/mol. The molecule has 2 aromatic rings. The summed E-state index contributed by atoms with van der Waals surface area (Å²) in [6, 6.07) is 8.22. The third kappa shape index (κ3) is 4.70. The Balaban J connectivity index is 1.39. The highest BCUT2D eigenvalue weighted by Crippen LogP contribution is 2.34. The van der Waals surface area contributed by atoms with Crippen LogP contribution >= 0.6 is 0 Å². The summed E-state index contributed by atoms with van der Waals surface area (Å²) in [7, 11) is -3.28. The molecule has 0 aliphatic carbocycles. The summed E-state index contributed by atoms with van der Waals surface area (Å²) in [6.07, 6.45) is 5.81. The monoisotopic (exact) mass is 418 g/mol. The predicted octanol–water partition coefficient (Wildman–Crippen LogP) is 3.24. The Kier molecular flexibility index (Phi) is 6.03. The molecule has 158 valence electrons. The topological polar surface area (TPSA) is 79.5 Å². The van der Waals surface area contributed by atoms with Gasteiger partial charge in [0.05, 0.1) is 6.26 Å². The summed E-state index contributed by atoms with van der Waals surface area (Å²) < 4.78 is 31.8. The average Bonchev–Trinajstić information content (AvgIpc) is 3.20. The lowest BCUT2D eigenvalue weighted by molar-refractivity contribution is 0.183. The van der Waals surface area contributed by atoms with Gasteiger partial charge in [-0.25, -0.2) is 8.42 Å². The van der Waals surface area contributed by atoms with E-state index in [2.05, 4.69) is 46.3 Å². The largest absolute Gasteiger partial charge is 0.423 e. The van der Waals surface area contributed by atoms with Crippen LogP contribution in [-0.4, -0.2) is 53.7 Å². The van der Waals surface area contributed by atoms with Crippen molar-refractivity contribution < 1.29 is 12.8 Å². The first-order chi connectivity index (χ1) is 13.9. The Morgan fingerprint density at radius 3 is 2.48 bits per heavy atom. The number of piperidine rings is 2. The van der Waals surface area contributed by atoms with Gasteiger partial charge in [-0.1, -0.05) is 30.7 Å². The van der Waals surface area contributed by atoms with Crippen LogP contribution in [-0.2, 0) is 16.6 Å². The molecule has 4 rings (SSSR count). The standard InChI is InChI=1S/C21H30N4O3S/c1-16-7-3-4-8-18(16)15-24-13-10-17(11-14-24)20-22-23-21(28-20)19-9-5-6-12-25(19)29(2,26)27/h3-4,7-8,17,19H,5-6,9-15H2,1-2H3/t19-/m1/s1. The quantitative estimate of drug-likeness (QED) is 0.742. The Bertz CT molecular complexity index is 935. The molecular formula is C21H30N4O3S. The second kappa shape index (κ2) is 8.53. The van der Waals surface area contributed by atoms with Gasteiger partial charge < -0.3 is 4.42 Å². The molecule has 2 aliphatic heterocycles. The summed E-state index contributed by atoms with van der Waals surface area (Å²) in [6.45, 7) is 5.65. The summed E-state index contributed by atoms with van der Waals surface area (Å²) in [4.78, 5) is 2.47. The summed E-state index contributed by atoms with van der Waals surface area (Å²) >= 11 is 0. The van der Waals surface area contributed by atoms with E-state index in [1.54, 1.807) is 0 Å². The van der Waals surface area contributed by atoms with Crippen molar-refractivity contribution in [3.63, 3.8) is 0 Å². The van der Waals surface area contributed by atoms with Crippen molar-refractivity contribution in [2.24, 2.45) is 0 Å². The Labute approximate surface area is 173 Å². The molecule has 0 N–H and O–H groups in total. The third-order valence-corrected chi connectivity index (χ3v) is 7.50. The molecule has 1 atom stereocenters. The summed E-state index contributed by atoms with van der Waals surface area (Å²) in [5, 5.41) is 8.54. The molecule has 1 aromatic carbocycles. The number of hydrogen-bond acceptors (Lipinski definition) is 6. The number of sulfonamides is 1. The molecule has 3 heterocycles. The van der Waals surface area contributed by atoms with Crippen molar-refractivity contribution in [1.29, 1.82) is 0 Å². The van der Waals surface area contributed by atoms with Crippen LogP contribution in [0.3, 0.4) is 0 Å². The van der Waals surface area contributed by atoms with Crippen molar-refractivity contribution in [3.05, 3.63) is 47.2 Å². The fourth-order valence-corrected chi connectivity index (χ4v) is 5.58. The highest BCUT2D eigenvalue weighted by molar-refractivity contribution is 7.88. The Hall–Kier alpha value is -1.77. The zero-order valence-corrected chi connectivity index (χ0v) is 18.1. The first kappa shape index (κ1) is 20.5. The van der Waals surface area contributed by atoms with Crippen molar-refractivity contribution in [2.45, 2.75) is 57.5 Å². The van der Waals surface area contributed by atoms with Crippen LogP contribution in [0.1, 0.15) is 67.0 Å². The van der Waals surface area contributed by atoms with Gasteiger partial charge in [0.25, 0.3) is 0 Å². The van der Waals surface area contributed by atoms with E-state index in [0.29, 0.717) is 18.3 Å². The fraction of sp³-hybridized carbons (Fsp3) is 0.619. The molecule has 2 fully saturated rings. The SMILES string of the molecule is Cc1ccccc1CN1CCC(c2nnc([C@H]3CCCCN3S(C)(=O)=O)o2)CC1. The second-order valence-corrected chi connectivity index (χ2v) is 10.3. The van der Waals surface area contributed by atoms with E-state index in [4.69, 9.17) is 4.42 Å². The molecule has 1 aromatic heterocycles. The number of aromatic nitrogens is 2. The van der Waals surface area contributed by atoms with Crippen LogP contribution in [0.15, 0.2) is 28.7 Å². The molecule has 7 nitrogen and oxygen atoms in total. The fourth-order valence-electron chi connectivity index (χ4n) is 4.46.